The van der Waals surface area contributed by atoms with Gasteiger partial charge in [-0.2, -0.15) is 0 Å². The monoisotopic (exact) mass is 306 g/mol. The van der Waals surface area contributed by atoms with Crippen LogP contribution in [-0.2, 0) is 0 Å². The van der Waals surface area contributed by atoms with Gasteiger partial charge in [0.1, 0.15) is 30.5 Å². The zero-order valence-electron chi connectivity index (χ0n) is 11.5. The van der Waals surface area contributed by atoms with E-state index in [0.717, 1.165) is 11.3 Å². The van der Waals surface area contributed by atoms with Gasteiger partial charge >= 0.3 is 0 Å². The largest absolute Gasteiger partial charge is 0.484 e. The van der Waals surface area contributed by atoms with E-state index < -0.39 is 0 Å². The molecule has 2 aromatic rings. The number of anilines is 1. The summed E-state index contributed by atoms with van der Waals surface area (Å²) >= 11 is 5.84. The lowest BCUT2D eigenvalue weighted by Gasteiger charge is -2.22. The van der Waals surface area contributed by atoms with Gasteiger partial charge in [-0.1, -0.05) is 18.5 Å². The molecule has 0 spiro atoms. The van der Waals surface area contributed by atoms with Crippen LogP contribution in [0.5, 0.6) is 11.6 Å². The fourth-order valence-electron chi connectivity index (χ4n) is 2.16. The molecule has 0 bridgehead atoms. The van der Waals surface area contributed by atoms with E-state index in [-0.39, 0.29) is 5.92 Å². The van der Waals surface area contributed by atoms with E-state index in [9.17, 15) is 0 Å². The van der Waals surface area contributed by atoms with E-state index >= 15 is 0 Å². The van der Waals surface area contributed by atoms with Crippen molar-refractivity contribution in [1.82, 2.24) is 15.0 Å². The molecule has 1 N–H and O–H groups in total. The summed E-state index contributed by atoms with van der Waals surface area (Å²) < 4.78 is 11.2. The van der Waals surface area contributed by atoms with Gasteiger partial charge in [0.25, 0.3) is 5.88 Å². The van der Waals surface area contributed by atoms with Crippen LogP contribution in [0.1, 0.15) is 18.4 Å². The average molecular weight is 307 g/mol. The molecule has 0 radical (unpaired) electrons. The standard InChI is InChI=1S/C14H15ClN4O2/c1-9(7-17-12-6-11(15)18-8-19-12)10-2-3-16-14-13(10)20-4-5-21-14/h2-3,6,8-9H,4-5,7H2,1H3,(H,17,18,19)/t9-/m1/s1. The first kappa shape index (κ1) is 13.9. The summed E-state index contributed by atoms with van der Waals surface area (Å²) in [6.07, 6.45) is 3.17. The van der Waals surface area contributed by atoms with Gasteiger partial charge in [-0.15, -0.1) is 0 Å². The molecular weight excluding hydrogens is 292 g/mol. The zero-order valence-corrected chi connectivity index (χ0v) is 12.3. The van der Waals surface area contributed by atoms with Crippen LogP contribution in [0.15, 0.2) is 24.7 Å². The molecule has 0 amide bonds. The molecule has 0 aromatic carbocycles. The highest BCUT2D eigenvalue weighted by Gasteiger charge is 2.20. The van der Waals surface area contributed by atoms with Crippen molar-refractivity contribution < 1.29 is 9.47 Å². The quantitative estimate of drug-likeness (QED) is 0.875. The first-order chi connectivity index (χ1) is 10.2. The van der Waals surface area contributed by atoms with E-state index in [2.05, 4.69) is 27.2 Å². The van der Waals surface area contributed by atoms with Gasteiger partial charge < -0.3 is 14.8 Å². The lowest BCUT2D eigenvalue weighted by molar-refractivity contribution is 0.162. The van der Waals surface area contributed by atoms with Gasteiger partial charge in [0.05, 0.1) is 0 Å². The molecule has 0 saturated heterocycles. The Morgan fingerprint density at radius 3 is 3.00 bits per heavy atom. The minimum atomic E-state index is 0.206. The Morgan fingerprint density at radius 1 is 1.29 bits per heavy atom. The molecule has 0 saturated carbocycles. The average Bonchev–Trinajstić information content (AvgIpc) is 2.52. The van der Waals surface area contributed by atoms with Crippen molar-refractivity contribution in [3.63, 3.8) is 0 Å². The van der Waals surface area contributed by atoms with Crippen molar-refractivity contribution in [1.29, 1.82) is 0 Å². The van der Waals surface area contributed by atoms with Crippen LogP contribution in [0.25, 0.3) is 0 Å². The van der Waals surface area contributed by atoms with Gasteiger partial charge in [0.15, 0.2) is 5.75 Å². The Bertz CT molecular complexity index is 638. The highest BCUT2D eigenvalue weighted by atomic mass is 35.5. The Hall–Kier alpha value is -2.08. The van der Waals surface area contributed by atoms with Gasteiger partial charge in [-0.05, 0) is 6.07 Å². The first-order valence-electron chi connectivity index (χ1n) is 6.70. The Balaban J connectivity index is 1.72. The summed E-state index contributed by atoms with van der Waals surface area (Å²) in [4.78, 5) is 12.2. The van der Waals surface area contributed by atoms with Gasteiger partial charge in [0, 0.05) is 30.3 Å². The van der Waals surface area contributed by atoms with Crippen LogP contribution in [0.2, 0.25) is 5.15 Å². The van der Waals surface area contributed by atoms with E-state index in [1.165, 1.54) is 6.33 Å². The summed E-state index contributed by atoms with van der Waals surface area (Å²) in [5.74, 6) is 2.20. The van der Waals surface area contributed by atoms with Crippen molar-refractivity contribution >= 4 is 17.4 Å². The molecule has 110 valence electrons. The molecule has 1 atom stereocenters. The predicted octanol–water partition coefficient (Wildman–Crippen LogP) is 2.51. The predicted molar refractivity (Wildman–Crippen MR) is 79.2 cm³/mol. The third-order valence-electron chi connectivity index (χ3n) is 3.22. The molecule has 1 aliphatic heterocycles. The minimum absolute atomic E-state index is 0.206. The number of pyridine rings is 1. The summed E-state index contributed by atoms with van der Waals surface area (Å²) in [7, 11) is 0. The maximum atomic E-state index is 5.84. The van der Waals surface area contributed by atoms with Crippen molar-refractivity contribution in [3.8, 4) is 11.6 Å². The van der Waals surface area contributed by atoms with Crippen LogP contribution in [0.3, 0.4) is 0 Å². The van der Waals surface area contributed by atoms with Crippen molar-refractivity contribution in [2.45, 2.75) is 12.8 Å². The second-order valence-corrected chi connectivity index (χ2v) is 5.13. The normalized spacial score (nSPS) is 14.6. The zero-order chi connectivity index (χ0) is 14.7. The lowest BCUT2D eigenvalue weighted by Crippen LogP contribution is -2.19. The van der Waals surface area contributed by atoms with E-state index in [1.54, 1.807) is 12.3 Å². The molecule has 2 aromatic heterocycles. The highest BCUT2D eigenvalue weighted by Crippen LogP contribution is 2.35. The van der Waals surface area contributed by atoms with Crippen LogP contribution in [0.4, 0.5) is 5.82 Å². The smallest absolute Gasteiger partial charge is 0.257 e. The Labute approximate surface area is 127 Å². The number of hydrogen-bond acceptors (Lipinski definition) is 6. The number of nitrogens with one attached hydrogen (secondary N) is 1. The number of aromatic nitrogens is 3. The van der Waals surface area contributed by atoms with Crippen LogP contribution < -0.4 is 14.8 Å². The Kier molecular flexibility index (Phi) is 4.06. The number of rotatable bonds is 4. The second kappa shape index (κ2) is 6.13. The lowest BCUT2D eigenvalue weighted by atomic mass is 10.0. The molecule has 3 rings (SSSR count). The van der Waals surface area contributed by atoms with E-state index in [0.29, 0.717) is 36.6 Å². The van der Waals surface area contributed by atoms with Crippen LogP contribution >= 0.6 is 11.6 Å². The number of nitrogens with zero attached hydrogens (tertiary/aromatic N) is 3. The van der Waals surface area contributed by atoms with Gasteiger partial charge in [-0.25, -0.2) is 15.0 Å². The highest BCUT2D eigenvalue weighted by molar-refractivity contribution is 6.29. The molecule has 0 fully saturated rings. The molecule has 6 nitrogen and oxygen atoms in total. The van der Waals surface area contributed by atoms with E-state index in [1.807, 2.05) is 6.07 Å². The topological polar surface area (TPSA) is 69.2 Å². The molecule has 21 heavy (non-hydrogen) atoms. The van der Waals surface area contributed by atoms with Crippen molar-refractivity contribution in [2.75, 3.05) is 25.1 Å². The SMILES string of the molecule is C[C@H](CNc1cc(Cl)ncn1)c1ccnc2c1OCCO2. The van der Waals surface area contributed by atoms with Gasteiger partial charge in [-0.3, -0.25) is 0 Å². The third kappa shape index (κ3) is 3.16. The molecule has 3 heterocycles. The Morgan fingerprint density at radius 2 is 2.14 bits per heavy atom. The van der Waals surface area contributed by atoms with Gasteiger partial charge in [0.2, 0.25) is 0 Å². The number of hydrogen-bond donors (Lipinski definition) is 1. The first-order valence-corrected chi connectivity index (χ1v) is 7.08. The van der Waals surface area contributed by atoms with Crippen LogP contribution in [0, 0.1) is 0 Å². The molecule has 7 heteroatoms. The number of fused-ring (bicyclic) bond motifs is 1. The number of halogens is 1. The summed E-state index contributed by atoms with van der Waals surface area (Å²) in [5, 5.41) is 3.65. The summed E-state index contributed by atoms with van der Waals surface area (Å²) in [6.45, 7) is 3.87. The van der Waals surface area contributed by atoms with Crippen molar-refractivity contribution in [2.24, 2.45) is 0 Å². The van der Waals surface area contributed by atoms with Crippen molar-refractivity contribution in [3.05, 3.63) is 35.4 Å². The maximum absolute atomic E-state index is 5.84. The molecule has 0 unspecified atom stereocenters. The fraction of sp³-hybridized carbons (Fsp3) is 0.357. The number of ether oxygens (including phenoxy) is 2. The molecule has 1 aliphatic rings. The second-order valence-electron chi connectivity index (χ2n) is 4.74. The molecular formula is C14H15ClN4O2. The maximum Gasteiger partial charge on any atom is 0.257 e. The fourth-order valence-corrected chi connectivity index (χ4v) is 2.31. The van der Waals surface area contributed by atoms with E-state index in [4.69, 9.17) is 21.1 Å². The third-order valence-corrected chi connectivity index (χ3v) is 3.43. The summed E-state index contributed by atoms with van der Waals surface area (Å²) in [6, 6.07) is 3.64. The van der Waals surface area contributed by atoms with Crippen LogP contribution in [-0.4, -0.2) is 34.7 Å². The molecule has 0 aliphatic carbocycles. The summed E-state index contributed by atoms with van der Waals surface area (Å²) in [5.41, 5.74) is 1.06. The minimum Gasteiger partial charge on any atom is -0.484 e.